The van der Waals surface area contributed by atoms with Crippen LogP contribution in [0.15, 0.2) is 0 Å². The molecule has 0 atom stereocenters. The molecule has 0 unspecified atom stereocenters. The molecule has 0 amide bonds. The Morgan fingerprint density at radius 1 is 1.00 bits per heavy atom. The van der Waals surface area contributed by atoms with E-state index in [-0.39, 0.29) is 8.37 Å². The second-order valence-corrected chi connectivity index (χ2v) is 5.80. The normalized spacial score (nSPS) is 12.5. The smallest absolute Gasteiger partial charge is 0.119 e. The quantitative estimate of drug-likeness (QED) is 0.384. The van der Waals surface area contributed by atoms with Crippen molar-refractivity contribution in [2.75, 3.05) is 41.2 Å². The van der Waals surface area contributed by atoms with E-state index in [1.54, 1.807) is 0 Å². The molecule has 0 aliphatic heterocycles. The van der Waals surface area contributed by atoms with Crippen LogP contribution in [0, 0.1) is 0 Å². The number of hydrogen-bond acceptors (Lipinski definition) is 3. The van der Waals surface area contributed by atoms with E-state index in [4.69, 9.17) is 11.6 Å². The van der Waals surface area contributed by atoms with Crippen LogP contribution >= 0.6 is 20.0 Å². The Balaban J connectivity index is 4.09. The van der Waals surface area contributed by atoms with Gasteiger partial charge in [-0.3, -0.25) is 9.34 Å². The maximum absolute atomic E-state index is 5.72. The van der Waals surface area contributed by atoms with Crippen LogP contribution in [0.5, 0.6) is 0 Å². The summed E-state index contributed by atoms with van der Waals surface area (Å²) in [6.07, 6.45) is 0. The summed E-state index contributed by atoms with van der Waals surface area (Å²) in [5.74, 6) is 0. The first-order valence-corrected chi connectivity index (χ1v) is 5.15. The van der Waals surface area contributed by atoms with E-state index in [0.29, 0.717) is 6.00 Å². The lowest BCUT2D eigenvalue weighted by Crippen LogP contribution is -2.27. The zero-order valence-electron chi connectivity index (χ0n) is 7.87. The van der Waals surface area contributed by atoms with Gasteiger partial charge in [0.1, 0.15) is 8.37 Å². The van der Waals surface area contributed by atoms with Crippen LogP contribution in [-0.2, 0) is 0 Å². The predicted octanol–water partition coefficient (Wildman–Crippen LogP) is 1.46. The molecular formula is C6H17ClN3P. The number of nitrogens with zero attached hydrogens (tertiary/aromatic N) is 3. The van der Waals surface area contributed by atoms with Gasteiger partial charge < -0.3 is 0 Å². The van der Waals surface area contributed by atoms with Crippen molar-refractivity contribution < 1.29 is 0 Å². The Hall–Kier alpha value is 0.600. The molecule has 0 aliphatic carbocycles. The summed E-state index contributed by atoms with van der Waals surface area (Å²) in [4.78, 5) is 0. The van der Waals surface area contributed by atoms with Crippen molar-refractivity contribution in [2.24, 2.45) is 0 Å². The molecule has 0 aliphatic rings. The zero-order valence-corrected chi connectivity index (χ0v) is 9.52. The van der Waals surface area contributed by atoms with Gasteiger partial charge in [-0.15, -0.1) is 11.6 Å². The molecule has 0 aromatic carbocycles. The van der Waals surface area contributed by atoms with Crippen molar-refractivity contribution in [1.82, 2.24) is 14.0 Å². The van der Waals surface area contributed by atoms with E-state index < -0.39 is 0 Å². The van der Waals surface area contributed by atoms with Gasteiger partial charge in [0.25, 0.3) is 0 Å². The van der Waals surface area contributed by atoms with E-state index in [1.165, 1.54) is 0 Å². The summed E-state index contributed by atoms with van der Waals surface area (Å²) in [6.45, 7) is 0. The van der Waals surface area contributed by atoms with Crippen molar-refractivity contribution >= 4 is 20.0 Å². The van der Waals surface area contributed by atoms with E-state index >= 15 is 0 Å². The monoisotopic (exact) mass is 197 g/mol. The maximum Gasteiger partial charge on any atom is 0.119 e. The van der Waals surface area contributed by atoms with Crippen LogP contribution in [0.1, 0.15) is 0 Å². The number of rotatable bonds is 4. The lowest BCUT2D eigenvalue weighted by atomic mass is 11.2. The highest BCUT2D eigenvalue weighted by molar-refractivity contribution is 7.50. The highest BCUT2D eigenvalue weighted by Gasteiger charge is 2.18. The average Bonchev–Trinajstić information content (AvgIpc) is 1.85. The molecule has 0 saturated carbocycles. The summed E-state index contributed by atoms with van der Waals surface area (Å²) in [7, 11) is 9.91. The van der Waals surface area contributed by atoms with Gasteiger partial charge in [0.2, 0.25) is 0 Å². The molecule has 11 heavy (non-hydrogen) atoms. The highest BCUT2D eigenvalue weighted by atomic mass is 35.5. The van der Waals surface area contributed by atoms with E-state index in [1.807, 2.05) is 7.05 Å². The minimum absolute atomic E-state index is 0.372. The summed E-state index contributed by atoms with van der Waals surface area (Å²) < 4.78 is 6.48. The SMILES string of the molecule is CN(C)P(N(C)C)N(C)CCl. The third kappa shape index (κ3) is 3.68. The van der Waals surface area contributed by atoms with Crippen molar-refractivity contribution in [3.63, 3.8) is 0 Å². The van der Waals surface area contributed by atoms with E-state index in [9.17, 15) is 0 Å². The Kier molecular flexibility index (Phi) is 5.57. The Morgan fingerprint density at radius 2 is 1.36 bits per heavy atom. The average molecular weight is 198 g/mol. The lowest BCUT2D eigenvalue weighted by Gasteiger charge is -2.35. The van der Waals surface area contributed by atoms with Gasteiger partial charge >= 0.3 is 0 Å². The summed E-state index contributed by atoms with van der Waals surface area (Å²) in [5.41, 5.74) is 0. The van der Waals surface area contributed by atoms with Gasteiger partial charge in [-0.1, -0.05) is 0 Å². The first-order chi connectivity index (χ1) is 5.00. The van der Waals surface area contributed by atoms with E-state index in [0.717, 1.165) is 0 Å². The number of hydrogen-bond donors (Lipinski definition) is 0. The van der Waals surface area contributed by atoms with Gasteiger partial charge in [0.05, 0.1) is 6.00 Å². The molecule has 0 aromatic rings. The molecule has 0 fully saturated rings. The third-order valence-corrected chi connectivity index (χ3v) is 3.90. The summed E-state index contributed by atoms with van der Waals surface area (Å²) in [5, 5.41) is 0. The molecule has 0 saturated heterocycles. The minimum atomic E-state index is -0.372. The Bertz CT molecular complexity index is 102. The van der Waals surface area contributed by atoms with Gasteiger partial charge in [-0.25, -0.2) is 4.67 Å². The van der Waals surface area contributed by atoms with Crippen molar-refractivity contribution in [3.8, 4) is 0 Å². The van der Waals surface area contributed by atoms with Crippen LogP contribution in [0.4, 0.5) is 0 Å². The summed E-state index contributed by atoms with van der Waals surface area (Å²) in [6, 6.07) is 0.571. The molecule has 0 bridgehead atoms. The zero-order chi connectivity index (χ0) is 9.02. The Morgan fingerprint density at radius 3 is 1.45 bits per heavy atom. The molecule has 0 radical (unpaired) electrons. The van der Waals surface area contributed by atoms with Crippen molar-refractivity contribution in [3.05, 3.63) is 0 Å². The molecule has 0 spiro atoms. The van der Waals surface area contributed by atoms with Crippen LogP contribution in [0.3, 0.4) is 0 Å². The summed E-state index contributed by atoms with van der Waals surface area (Å²) >= 11 is 5.72. The number of alkyl halides is 1. The fourth-order valence-electron chi connectivity index (χ4n) is 1.02. The minimum Gasteiger partial charge on any atom is -0.263 e. The second-order valence-electron chi connectivity index (χ2n) is 2.74. The fourth-order valence-corrected chi connectivity index (χ4v) is 3.34. The second kappa shape index (κ2) is 5.28. The first kappa shape index (κ1) is 11.6. The fraction of sp³-hybridized carbons (Fsp3) is 1.00. The lowest BCUT2D eigenvalue weighted by molar-refractivity contribution is 0.480. The van der Waals surface area contributed by atoms with Gasteiger partial charge in [0.15, 0.2) is 0 Å². The van der Waals surface area contributed by atoms with Gasteiger partial charge in [-0.05, 0) is 35.2 Å². The molecule has 0 aromatic heterocycles. The molecule has 3 nitrogen and oxygen atoms in total. The predicted molar refractivity (Wildman–Crippen MR) is 52.8 cm³/mol. The topological polar surface area (TPSA) is 9.72 Å². The largest absolute Gasteiger partial charge is 0.263 e. The van der Waals surface area contributed by atoms with Gasteiger partial charge in [0, 0.05) is 0 Å². The molecule has 0 rings (SSSR count). The van der Waals surface area contributed by atoms with Crippen LogP contribution < -0.4 is 0 Å². The van der Waals surface area contributed by atoms with Crippen LogP contribution in [0.25, 0.3) is 0 Å². The molecular weight excluding hydrogens is 181 g/mol. The maximum atomic E-state index is 5.72. The standard InChI is InChI=1S/C6H17ClN3P/c1-8(2)11(9(3)4)10(5)6-7/h6H2,1-5H3. The van der Waals surface area contributed by atoms with Crippen molar-refractivity contribution in [1.29, 1.82) is 0 Å². The highest BCUT2D eigenvalue weighted by Crippen LogP contribution is 2.42. The number of halogens is 1. The molecule has 5 heteroatoms. The van der Waals surface area contributed by atoms with Crippen LogP contribution in [-0.4, -0.2) is 55.3 Å². The molecule has 68 valence electrons. The third-order valence-electron chi connectivity index (χ3n) is 1.19. The first-order valence-electron chi connectivity index (χ1n) is 3.42. The van der Waals surface area contributed by atoms with Gasteiger partial charge in [-0.2, -0.15) is 0 Å². The molecule has 0 N–H and O–H groups in total. The molecule has 0 heterocycles. The van der Waals surface area contributed by atoms with E-state index in [2.05, 4.69) is 42.2 Å². The Labute approximate surface area is 75.8 Å². The van der Waals surface area contributed by atoms with Crippen molar-refractivity contribution in [2.45, 2.75) is 0 Å². The van der Waals surface area contributed by atoms with Crippen LogP contribution in [0.2, 0.25) is 0 Å².